The molecule has 0 aliphatic rings. The van der Waals surface area contributed by atoms with E-state index in [-0.39, 0.29) is 5.91 Å². The number of benzene rings is 2. The Kier molecular flexibility index (Phi) is 6.11. The van der Waals surface area contributed by atoms with Gasteiger partial charge in [0.05, 0.1) is 20.8 Å². The van der Waals surface area contributed by atoms with Crippen LogP contribution >= 0.6 is 11.6 Å². The number of nitrogens with one attached hydrogen (secondary N) is 1. The molecule has 0 atom stereocenters. The van der Waals surface area contributed by atoms with Crippen molar-refractivity contribution in [2.45, 2.75) is 0 Å². The van der Waals surface area contributed by atoms with Crippen molar-refractivity contribution in [3.05, 3.63) is 53.1 Å². The summed E-state index contributed by atoms with van der Waals surface area (Å²) in [5, 5.41) is 3.29. The first-order valence-electron chi connectivity index (χ1n) is 7.03. The number of carbonyl (C=O) groups excluding carboxylic acids is 1. The summed E-state index contributed by atoms with van der Waals surface area (Å²) in [4.78, 5) is 12.0. The first kappa shape index (κ1) is 17.0. The van der Waals surface area contributed by atoms with Crippen LogP contribution in [0.1, 0.15) is 10.4 Å². The number of carbonyl (C=O) groups is 1. The van der Waals surface area contributed by atoms with Gasteiger partial charge in [-0.1, -0.05) is 23.7 Å². The average Bonchev–Trinajstić information content (AvgIpc) is 2.58. The maximum absolute atomic E-state index is 12.0. The van der Waals surface area contributed by atoms with E-state index in [0.29, 0.717) is 41.0 Å². The normalized spacial score (nSPS) is 10.0. The van der Waals surface area contributed by atoms with E-state index in [2.05, 4.69) is 5.32 Å². The molecular formula is C17H18ClNO4. The molecule has 6 heteroatoms. The Morgan fingerprint density at radius 1 is 1.09 bits per heavy atom. The number of amides is 1. The zero-order valence-corrected chi connectivity index (χ0v) is 13.7. The van der Waals surface area contributed by atoms with Gasteiger partial charge < -0.3 is 19.5 Å². The molecule has 2 aromatic carbocycles. The molecule has 0 aliphatic heterocycles. The molecule has 0 radical (unpaired) electrons. The third-order valence-electron chi connectivity index (χ3n) is 3.10. The molecule has 122 valence electrons. The van der Waals surface area contributed by atoms with Crippen LogP contribution in [0, 0.1) is 0 Å². The molecule has 0 saturated heterocycles. The summed E-state index contributed by atoms with van der Waals surface area (Å²) >= 11 is 5.86. The summed E-state index contributed by atoms with van der Waals surface area (Å²) in [6.07, 6.45) is 0. The van der Waals surface area contributed by atoms with Gasteiger partial charge in [0.25, 0.3) is 5.91 Å². The molecule has 0 saturated carbocycles. The number of rotatable bonds is 7. The standard InChI is InChI=1S/C17H18ClNO4/c1-21-14-7-4-8-15(16(14)22-2)23-10-9-19-17(20)12-5-3-6-13(18)11-12/h3-8,11H,9-10H2,1-2H3,(H,19,20). The number of para-hydroxylation sites is 1. The fourth-order valence-electron chi connectivity index (χ4n) is 2.03. The molecule has 5 nitrogen and oxygen atoms in total. The third-order valence-corrected chi connectivity index (χ3v) is 3.33. The molecule has 2 rings (SSSR count). The van der Waals surface area contributed by atoms with Crippen LogP contribution in [0.15, 0.2) is 42.5 Å². The monoisotopic (exact) mass is 335 g/mol. The third kappa shape index (κ3) is 4.53. The molecule has 0 fully saturated rings. The first-order valence-corrected chi connectivity index (χ1v) is 7.41. The van der Waals surface area contributed by atoms with E-state index in [4.69, 9.17) is 25.8 Å². The Morgan fingerprint density at radius 2 is 1.83 bits per heavy atom. The summed E-state index contributed by atoms with van der Waals surface area (Å²) in [7, 11) is 3.11. The molecule has 23 heavy (non-hydrogen) atoms. The molecule has 0 aromatic heterocycles. The first-order chi connectivity index (χ1) is 11.2. The lowest BCUT2D eigenvalue weighted by molar-refractivity contribution is 0.0946. The summed E-state index contributed by atoms with van der Waals surface area (Å²) in [5.74, 6) is 1.47. The highest BCUT2D eigenvalue weighted by Gasteiger charge is 2.11. The summed E-state index contributed by atoms with van der Waals surface area (Å²) in [6.45, 7) is 0.654. The lowest BCUT2D eigenvalue weighted by Crippen LogP contribution is -2.28. The van der Waals surface area contributed by atoms with Crippen molar-refractivity contribution in [3.63, 3.8) is 0 Å². The molecule has 0 aliphatic carbocycles. The van der Waals surface area contributed by atoms with Crippen LogP contribution in [-0.2, 0) is 0 Å². The SMILES string of the molecule is COc1cccc(OCCNC(=O)c2cccc(Cl)c2)c1OC. The van der Waals surface area contributed by atoms with E-state index >= 15 is 0 Å². The van der Waals surface area contributed by atoms with Crippen molar-refractivity contribution in [2.24, 2.45) is 0 Å². The molecular weight excluding hydrogens is 318 g/mol. The van der Waals surface area contributed by atoms with Crippen LogP contribution in [0.4, 0.5) is 0 Å². The van der Waals surface area contributed by atoms with Gasteiger partial charge in [-0.15, -0.1) is 0 Å². The van der Waals surface area contributed by atoms with Gasteiger partial charge in [-0.3, -0.25) is 4.79 Å². The number of methoxy groups -OCH3 is 2. The Hall–Kier alpha value is -2.40. The van der Waals surface area contributed by atoms with Crippen molar-refractivity contribution in [3.8, 4) is 17.2 Å². The Balaban J connectivity index is 1.87. The van der Waals surface area contributed by atoms with Crippen molar-refractivity contribution >= 4 is 17.5 Å². The van der Waals surface area contributed by atoms with Crippen LogP contribution < -0.4 is 19.5 Å². The molecule has 0 bridgehead atoms. The van der Waals surface area contributed by atoms with Gasteiger partial charge in [0, 0.05) is 10.6 Å². The second-order valence-electron chi connectivity index (χ2n) is 4.61. The minimum atomic E-state index is -0.200. The molecule has 1 amide bonds. The van der Waals surface area contributed by atoms with Crippen molar-refractivity contribution in [2.75, 3.05) is 27.4 Å². The Bertz CT molecular complexity index is 675. The largest absolute Gasteiger partial charge is 0.493 e. The lowest BCUT2D eigenvalue weighted by Gasteiger charge is -2.13. The van der Waals surface area contributed by atoms with E-state index in [0.717, 1.165) is 0 Å². The van der Waals surface area contributed by atoms with E-state index < -0.39 is 0 Å². The number of hydrogen-bond acceptors (Lipinski definition) is 4. The zero-order valence-electron chi connectivity index (χ0n) is 13.0. The number of ether oxygens (including phenoxy) is 3. The summed E-state index contributed by atoms with van der Waals surface area (Å²) in [5.41, 5.74) is 0.511. The number of hydrogen-bond donors (Lipinski definition) is 1. The van der Waals surface area contributed by atoms with Crippen molar-refractivity contribution < 1.29 is 19.0 Å². The maximum atomic E-state index is 12.0. The van der Waals surface area contributed by atoms with Gasteiger partial charge in [-0.05, 0) is 30.3 Å². The summed E-state index contributed by atoms with van der Waals surface area (Å²) < 4.78 is 16.1. The minimum Gasteiger partial charge on any atom is -0.493 e. The number of halogens is 1. The van der Waals surface area contributed by atoms with Gasteiger partial charge in [0.15, 0.2) is 11.5 Å². The van der Waals surface area contributed by atoms with Crippen LogP contribution in [0.2, 0.25) is 5.02 Å². The quantitative estimate of drug-likeness (QED) is 0.790. The predicted molar refractivity (Wildman–Crippen MR) is 88.8 cm³/mol. The fourth-order valence-corrected chi connectivity index (χ4v) is 2.22. The van der Waals surface area contributed by atoms with Gasteiger partial charge in [-0.2, -0.15) is 0 Å². The molecule has 0 unspecified atom stereocenters. The van der Waals surface area contributed by atoms with E-state index in [1.54, 1.807) is 56.7 Å². The van der Waals surface area contributed by atoms with E-state index in [1.807, 2.05) is 0 Å². The van der Waals surface area contributed by atoms with Crippen LogP contribution in [0.3, 0.4) is 0 Å². The average molecular weight is 336 g/mol. The van der Waals surface area contributed by atoms with Gasteiger partial charge in [0.1, 0.15) is 6.61 Å². The minimum absolute atomic E-state index is 0.200. The van der Waals surface area contributed by atoms with E-state index in [9.17, 15) is 4.79 Å². The highest BCUT2D eigenvalue weighted by Crippen LogP contribution is 2.36. The smallest absolute Gasteiger partial charge is 0.251 e. The Labute approximate surface area is 140 Å². The Morgan fingerprint density at radius 3 is 2.52 bits per heavy atom. The predicted octanol–water partition coefficient (Wildman–Crippen LogP) is 3.17. The summed E-state index contributed by atoms with van der Waals surface area (Å²) in [6, 6.07) is 12.1. The lowest BCUT2D eigenvalue weighted by atomic mass is 10.2. The maximum Gasteiger partial charge on any atom is 0.251 e. The van der Waals surface area contributed by atoms with Crippen LogP contribution in [0.5, 0.6) is 17.2 Å². The van der Waals surface area contributed by atoms with Gasteiger partial charge >= 0.3 is 0 Å². The topological polar surface area (TPSA) is 56.8 Å². The van der Waals surface area contributed by atoms with Gasteiger partial charge in [-0.25, -0.2) is 0 Å². The van der Waals surface area contributed by atoms with Crippen LogP contribution in [-0.4, -0.2) is 33.3 Å². The molecule has 2 aromatic rings. The molecule has 1 N–H and O–H groups in total. The molecule has 0 spiro atoms. The second kappa shape index (κ2) is 8.29. The second-order valence-corrected chi connectivity index (χ2v) is 5.04. The van der Waals surface area contributed by atoms with Crippen molar-refractivity contribution in [1.29, 1.82) is 0 Å². The highest BCUT2D eigenvalue weighted by molar-refractivity contribution is 6.30. The van der Waals surface area contributed by atoms with Crippen molar-refractivity contribution in [1.82, 2.24) is 5.32 Å². The van der Waals surface area contributed by atoms with Crippen LogP contribution in [0.25, 0.3) is 0 Å². The van der Waals surface area contributed by atoms with Gasteiger partial charge in [0.2, 0.25) is 5.75 Å². The molecule has 0 heterocycles. The highest BCUT2D eigenvalue weighted by atomic mass is 35.5. The fraction of sp³-hybridized carbons (Fsp3) is 0.235. The zero-order chi connectivity index (χ0) is 16.7. The van der Waals surface area contributed by atoms with E-state index in [1.165, 1.54) is 0 Å².